The zero-order chi connectivity index (χ0) is 19.1. The lowest BCUT2D eigenvalue weighted by Gasteiger charge is -2.32. The second-order valence-electron chi connectivity index (χ2n) is 6.99. The number of hydrogen-bond donors (Lipinski definition) is 3. The number of aromatic amines is 1. The highest BCUT2D eigenvalue weighted by molar-refractivity contribution is 6.32. The summed E-state index contributed by atoms with van der Waals surface area (Å²) in [6.45, 7) is 1.75. The Hall–Kier alpha value is -2.61. The third-order valence-electron chi connectivity index (χ3n) is 5.37. The SMILES string of the molecule is CO[C@@H]1CCNC[C@H]1Nc1nc(-c2c[nH]c3ccccc23)c(Cl)n2ccnc12. The third kappa shape index (κ3) is 2.83. The minimum atomic E-state index is 0.101. The zero-order valence-corrected chi connectivity index (χ0v) is 16.2. The lowest BCUT2D eigenvalue weighted by molar-refractivity contribution is 0.0664. The maximum absolute atomic E-state index is 6.73. The van der Waals surface area contributed by atoms with Crippen molar-refractivity contribution in [2.45, 2.75) is 18.6 Å². The van der Waals surface area contributed by atoms with Gasteiger partial charge in [0.15, 0.2) is 11.5 Å². The number of imidazole rings is 1. The number of fused-ring (bicyclic) bond motifs is 2. The lowest BCUT2D eigenvalue weighted by Crippen LogP contribution is -2.49. The number of nitrogens with one attached hydrogen (secondary N) is 3. The molecule has 0 spiro atoms. The smallest absolute Gasteiger partial charge is 0.181 e. The Balaban J connectivity index is 1.64. The molecule has 0 radical (unpaired) electrons. The number of benzene rings is 1. The molecule has 1 aliphatic rings. The molecule has 0 amide bonds. The molecule has 2 atom stereocenters. The summed E-state index contributed by atoms with van der Waals surface area (Å²) in [5.74, 6) is 0.699. The lowest BCUT2D eigenvalue weighted by atomic mass is 10.0. The van der Waals surface area contributed by atoms with E-state index in [1.165, 1.54) is 0 Å². The van der Waals surface area contributed by atoms with Gasteiger partial charge in [-0.3, -0.25) is 4.40 Å². The van der Waals surface area contributed by atoms with Crippen LogP contribution in [0.25, 0.3) is 27.8 Å². The van der Waals surface area contributed by atoms with Gasteiger partial charge in [0, 0.05) is 48.7 Å². The first-order valence-electron chi connectivity index (χ1n) is 9.35. The highest BCUT2D eigenvalue weighted by atomic mass is 35.5. The van der Waals surface area contributed by atoms with Gasteiger partial charge in [0.1, 0.15) is 10.8 Å². The molecule has 7 nitrogen and oxygen atoms in total. The summed E-state index contributed by atoms with van der Waals surface area (Å²) >= 11 is 6.73. The van der Waals surface area contributed by atoms with Crippen molar-refractivity contribution in [1.29, 1.82) is 0 Å². The van der Waals surface area contributed by atoms with E-state index in [0.717, 1.165) is 36.0 Å². The molecular formula is C20H21ClN6O. The molecule has 5 rings (SSSR count). The molecule has 4 heterocycles. The highest BCUT2D eigenvalue weighted by Gasteiger charge is 2.27. The Bertz CT molecular complexity index is 1140. The second kappa shape index (κ2) is 7.09. The molecule has 1 fully saturated rings. The summed E-state index contributed by atoms with van der Waals surface area (Å²) in [6, 6.07) is 8.22. The number of halogens is 1. The molecule has 28 heavy (non-hydrogen) atoms. The number of para-hydroxylation sites is 1. The van der Waals surface area contributed by atoms with Crippen molar-refractivity contribution in [1.82, 2.24) is 24.7 Å². The van der Waals surface area contributed by atoms with Crippen LogP contribution in [0.4, 0.5) is 5.82 Å². The largest absolute Gasteiger partial charge is 0.379 e. The molecule has 0 saturated carbocycles. The van der Waals surface area contributed by atoms with Gasteiger partial charge < -0.3 is 20.4 Å². The van der Waals surface area contributed by atoms with Crippen molar-refractivity contribution in [3.8, 4) is 11.3 Å². The Labute approximate surface area is 167 Å². The molecule has 1 saturated heterocycles. The van der Waals surface area contributed by atoms with Gasteiger partial charge in [-0.1, -0.05) is 29.8 Å². The van der Waals surface area contributed by atoms with E-state index < -0.39 is 0 Å². The van der Waals surface area contributed by atoms with Crippen molar-refractivity contribution < 1.29 is 4.74 Å². The molecule has 3 N–H and O–H groups in total. The molecule has 1 aromatic carbocycles. The van der Waals surface area contributed by atoms with Gasteiger partial charge in [0.2, 0.25) is 0 Å². The molecule has 1 aliphatic heterocycles. The number of nitrogens with zero attached hydrogens (tertiary/aromatic N) is 3. The van der Waals surface area contributed by atoms with Crippen LogP contribution in [0.15, 0.2) is 42.9 Å². The number of anilines is 1. The van der Waals surface area contributed by atoms with E-state index in [1.54, 1.807) is 13.3 Å². The Morgan fingerprint density at radius 1 is 1.32 bits per heavy atom. The number of ether oxygens (including phenoxy) is 1. The first-order chi connectivity index (χ1) is 13.8. The van der Waals surface area contributed by atoms with Crippen LogP contribution in [0.1, 0.15) is 6.42 Å². The molecule has 0 bridgehead atoms. The number of piperidine rings is 1. The van der Waals surface area contributed by atoms with Crippen LogP contribution in [-0.4, -0.2) is 51.7 Å². The fraction of sp³-hybridized carbons (Fsp3) is 0.300. The Morgan fingerprint density at radius 2 is 2.21 bits per heavy atom. The van der Waals surface area contributed by atoms with Gasteiger partial charge in [-0.15, -0.1) is 0 Å². The fourth-order valence-electron chi connectivity index (χ4n) is 3.93. The Morgan fingerprint density at radius 3 is 3.11 bits per heavy atom. The number of hydrogen-bond acceptors (Lipinski definition) is 5. The van der Waals surface area contributed by atoms with Crippen LogP contribution in [0.2, 0.25) is 5.15 Å². The molecule has 3 aromatic heterocycles. The number of H-pyrrole nitrogens is 1. The van der Waals surface area contributed by atoms with Crippen molar-refractivity contribution in [3.05, 3.63) is 48.0 Å². The molecule has 0 aliphatic carbocycles. The van der Waals surface area contributed by atoms with Gasteiger partial charge in [-0.2, -0.15) is 0 Å². The van der Waals surface area contributed by atoms with Crippen molar-refractivity contribution >= 4 is 34.0 Å². The summed E-state index contributed by atoms with van der Waals surface area (Å²) in [5, 5.41) is 8.56. The van der Waals surface area contributed by atoms with Gasteiger partial charge in [0.25, 0.3) is 0 Å². The quantitative estimate of drug-likeness (QED) is 0.493. The average Bonchev–Trinajstić information content (AvgIpc) is 3.38. The predicted molar refractivity (Wildman–Crippen MR) is 111 cm³/mol. The highest BCUT2D eigenvalue weighted by Crippen LogP contribution is 2.34. The standard InChI is InChI=1S/C20H21ClN6O/c1-28-16-6-7-22-11-15(16)25-19-20-23-8-9-27(20)18(21)17(26-19)13-10-24-14-5-3-2-4-12(13)14/h2-5,8-10,15-16,22,24H,6-7,11H2,1H3,(H,25,26)/t15-,16-/m1/s1. The summed E-state index contributed by atoms with van der Waals surface area (Å²) < 4.78 is 7.53. The van der Waals surface area contributed by atoms with Crippen LogP contribution < -0.4 is 10.6 Å². The molecule has 4 aromatic rings. The normalized spacial score (nSPS) is 20.1. The van der Waals surface area contributed by atoms with Crippen LogP contribution >= 0.6 is 11.6 Å². The van der Waals surface area contributed by atoms with Crippen LogP contribution in [-0.2, 0) is 4.74 Å². The van der Waals surface area contributed by atoms with E-state index in [-0.39, 0.29) is 12.1 Å². The minimum absolute atomic E-state index is 0.101. The van der Waals surface area contributed by atoms with Crippen LogP contribution in [0.5, 0.6) is 0 Å². The van der Waals surface area contributed by atoms with Crippen molar-refractivity contribution in [3.63, 3.8) is 0 Å². The van der Waals surface area contributed by atoms with Gasteiger partial charge >= 0.3 is 0 Å². The second-order valence-corrected chi connectivity index (χ2v) is 7.34. The topological polar surface area (TPSA) is 79.3 Å². The Kier molecular flexibility index (Phi) is 4.43. The van der Waals surface area contributed by atoms with Gasteiger partial charge in [0.05, 0.1) is 12.1 Å². The van der Waals surface area contributed by atoms with Crippen molar-refractivity contribution in [2.75, 3.05) is 25.5 Å². The van der Waals surface area contributed by atoms with E-state index in [4.69, 9.17) is 21.3 Å². The van der Waals surface area contributed by atoms with E-state index >= 15 is 0 Å². The molecule has 144 valence electrons. The summed E-state index contributed by atoms with van der Waals surface area (Å²) in [6.07, 6.45) is 6.61. The van der Waals surface area contributed by atoms with E-state index in [1.807, 2.05) is 35.0 Å². The summed E-state index contributed by atoms with van der Waals surface area (Å²) in [5.41, 5.74) is 3.43. The summed E-state index contributed by atoms with van der Waals surface area (Å²) in [7, 11) is 1.75. The predicted octanol–water partition coefficient (Wildman–Crippen LogP) is 3.32. The first kappa shape index (κ1) is 17.5. The van der Waals surface area contributed by atoms with Crippen LogP contribution in [0, 0.1) is 0 Å². The fourth-order valence-corrected chi connectivity index (χ4v) is 4.21. The van der Waals surface area contributed by atoms with Crippen LogP contribution in [0.3, 0.4) is 0 Å². The minimum Gasteiger partial charge on any atom is -0.379 e. The van der Waals surface area contributed by atoms with Crippen molar-refractivity contribution in [2.24, 2.45) is 0 Å². The molecular weight excluding hydrogens is 376 g/mol. The van der Waals surface area contributed by atoms with E-state index in [0.29, 0.717) is 22.3 Å². The number of rotatable bonds is 4. The average molecular weight is 397 g/mol. The summed E-state index contributed by atoms with van der Waals surface area (Å²) in [4.78, 5) is 12.7. The maximum atomic E-state index is 6.73. The van der Waals surface area contributed by atoms with Gasteiger partial charge in [-0.25, -0.2) is 9.97 Å². The van der Waals surface area contributed by atoms with E-state index in [2.05, 4.69) is 26.7 Å². The molecule has 0 unspecified atom stereocenters. The number of aromatic nitrogens is 4. The van der Waals surface area contributed by atoms with E-state index in [9.17, 15) is 0 Å². The maximum Gasteiger partial charge on any atom is 0.181 e. The van der Waals surface area contributed by atoms with Gasteiger partial charge in [-0.05, 0) is 19.0 Å². The zero-order valence-electron chi connectivity index (χ0n) is 15.4. The first-order valence-corrected chi connectivity index (χ1v) is 9.73. The molecule has 8 heteroatoms. The number of methoxy groups -OCH3 is 1. The monoisotopic (exact) mass is 396 g/mol. The third-order valence-corrected chi connectivity index (χ3v) is 5.73.